The highest BCUT2D eigenvalue weighted by molar-refractivity contribution is 7.99. The van der Waals surface area contributed by atoms with Gasteiger partial charge in [-0.2, -0.15) is 11.8 Å². The third kappa shape index (κ3) is 10.2. The first-order valence-electron chi connectivity index (χ1n) is 9.21. The van der Waals surface area contributed by atoms with Crippen LogP contribution in [0.5, 0.6) is 0 Å². The van der Waals surface area contributed by atoms with E-state index in [-0.39, 0.29) is 0 Å². The fourth-order valence-electron chi connectivity index (χ4n) is 2.70. The minimum atomic E-state index is 0.772. The average molecular weight is 327 g/mol. The molecule has 0 fully saturated rings. The minimum absolute atomic E-state index is 0.772. The number of rotatable bonds is 15. The summed E-state index contributed by atoms with van der Waals surface area (Å²) in [5.41, 5.74) is 0. The summed E-state index contributed by atoms with van der Waals surface area (Å²) in [4.78, 5) is 0. The number of H-pyrrole nitrogens is 1. The predicted octanol–water partition coefficient (Wildman–Crippen LogP) is 5.52. The molecule has 0 saturated carbocycles. The highest BCUT2D eigenvalue weighted by atomic mass is 32.2. The Bertz CT molecular complexity index is 315. The third-order valence-corrected chi connectivity index (χ3v) is 5.49. The molecule has 1 heterocycles. The zero-order chi connectivity index (χ0) is 15.9. The van der Waals surface area contributed by atoms with Crippen LogP contribution in [0.3, 0.4) is 0 Å². The van der Waals surface area contributed by atoms with Crippen LogP contribution in [-0.2, 0) is 5.75 Å². The normalized spacial score (nSPS) is 11.4. The number of hydrogen-bond acceptors (Lipinski definition) is 4. The van der Waals surface area contributed by atoms with E-state index < -0.39 is 0 Å². The van der Waals surface area contributed by atoms with Gasteiger partial charge in [-0.3, -0.25) is 0 Å². The van der Waals surface area contributed by atoms with Crippen molar-refractivity contribution < 1.29 is 0 Å². The molecule has 5 heteroatoms. The highest BCUT2D eigenvalue weighted by Gasteiger charge is 2.10. The van der Waals surface area contributed by atoms with Crippen molar-refractivity contribution in [2.75, 3.05) is 0 Å². The number of unbranched alkanes of at least 4 members (excludes halogenated alkanes) is 8. The molecule has 0 saturated heterocycles. The zero-order valence-electron chi connectivity index (χ0n) is 14.5. The Balaban J connectivity index is 2.19. The molecule has 4 nitrogen and oxygen atoms in total. The summed E-state index contributed by atoms with van der Waals surface area (Å²) in [5, 5.41) is 14.9. The lowest BCUT2D eigenvalue weighted by Gasteiger charge is -2.16. The topological polar surface area (TPSA) is 54.5 Å². The first kappa shape index (κ1) is 19.5. The van der Waals surface area contributed by atoms with E-state index in [0.29, 0.717) is 0 Å². The SMILES string of the molecule is CCCCCCCC(CCCCCCC)SCc1nnn[nH]1. The molecule has 1 rings (SSSR count). The van der Waals surface area contributed by atoms with Crippen molar-refractivity contribution in [3.05, 3.63) is 5.82 Å². The van der Waals surface area contributed by atoms with E-state index in [0.717, 1.165) is 16.8 Å². The van der Waals surface area contributed by atoms with Gasteiger partial charge in [0.05, 0.1) is 5.75 Å². The van der Waals surface area contributed by atoms with Gasteiger partial charge in [0.15, 0.2) is 5.82 Å². The van der Waals surface area contributed by atoms with Crippen molar-refractivity contribution in [2.24, 2.45) is 0 Å². The number of nitrogens with zero attached hydrogens (tertiary/aromatic N) is 3. The smallest absolute Gasteiger partial charge is 0.158 e. The van der Waals surface area contributed by atoms with Gasteiger partial charge in [-0.1, -0.05) is 78.1 Å². The number of aromatic nitrogens is 4. The maximum Gasteiger partial charge on any atom is 0.158 e. The Kier molecular flexibility index (Phi) is 12.4. The van der Waals surface area contributed by atoms with Crippen LogP contribution in [0.1, 0.15) is 96.7 Å². The molecule has 0 atom stereocenters. The lowest BCUT2D eigenvalue weighted by Crippen LogP contribution is -2.04. The maximum absolute atomic E-state index is 3.99. The summed E-state index contributed by atoms with van der Waals surface area (Å²) in [5.74, 6) is 1.83. The molecule has 0 aliphatic rings. The molecule has 0 bridgehead atoms. The molecular weight excluding hydrogens is 292 g/mol. The van der Waals surface area contributed by atoms with E-state index in [2.05, 4.69) is 34.5 Å². The molecule has 1 aromatic rings. The minimum Gasteiger partial charge on any atom is -0.242 e. The Labute approximate surface area is 140 Å². The quantitative estimate of drug-likeness (QED) is 0.431. The summed E-state index contributed by atoms with van der Waals surface area (Å²) in [6.07, 6.45) is 16.5. The predicted molar refractivity (Wildman–Crippen MR) is 96.0 cm³/mol. The first-order chi connectivity index (χ1) is 10.9. The van der Waals surface area contributed by atoms with Gasteiger partial charge in [0.1, 0.15) is 0 Å². The van der Waals surface area contributed by atoms with E-state index in [4.69, 9.17) is 0 Å². The van der Waals surface area contributed by atoms with Crippen molar-refractivity contribution in [1.29, 1.82) is 0 Å². The molecule has 0 aromatic carbocycles. The summed E-state index contributed by atoms with van der Waals surface area (Å²) >= 11 is 2.03. The van der Waals surface area contributed by atoms with Crippen LogP contribution in [-0.4, -0.2) is 25.9 Å². The van der Waals surface area contributed by atoms with Gasteiger partial charge in [0.2, 0.25) is 0 Å². The molecule has 0 radical (unpaired) electrons. The second-order valence-electron chi connectivity index (χ2n) is 6.19. The summed E-state index contributed by atoms with van der Waals surface area (Å²) in [7, 11) is 0. The van der Waals surface area contributed by atoms with E-state index in [1.807, 2.05) is 11.8 Å². The van der Waals surface area contributed by atoms with E-state index >= 15 is 0 Å². The monoisotopic (exact) mass is 326 g/mol. The summed E-state index contributed by atoms with van der Waals surface area (Å²) < 4.78 is 0. The van der Waals surface area contributed by atoms with Gasteiger partial charge in [0, 0.05) is 5.25 Å². The van der Waals surface area contributed by atoms with Gasteiger partial charge >= 0.3 is 0 Å². The van der Waals surface area contributed by atoms with Gasteiger partial charge in [-0.25, -0.2) is 5.10 Å². The molecule has 22 heavy (non-hydrogen) atoms. The van der Waals surface area contributed by atoms with Crippen LogP contribution in [0.2, 0.25) is 0 Å². The Morgan fingerprint density at radius 1 is 0.864 bits per heavy atom. The van der Waals surface area contributed by atoms with Crippen LogP contribution in [0.4, 0.5) is 0 Å². The van der Waals surface area contributed by atoms with E-state index in [1.165, 1.54) is 77.0 Å². The molecule has 1 N–H and O–H groups in total. The van der Waals surface area contributed by atoms with Crippen molar-refractivity contribution in [3.63, 3.8) is 0 Å². The van der Waals surface area contributed by atoms with Crippen molar-refractivity contribution in [2.45, 2.75) is 102 Å². The fourth-order valence-corrected chi connectivity index (χ4v) is 3.88. The van der Waals surface area contributed by atoms with Gasteiger partial charge in [-0.15, -0.1) is 5.10 Å². The zero-order valence-corrected chi connectivity index (χ0v) is 15.3. The first-order valence-corrected chi connectivity index (χ1v) is 10.3. The van der Waals surface area contributed by atoms with Gasteiger partial charge in [-0.05, 0) is 23.3 Å². The second-order valence-corrected chi connectivity index (χ2v) is 7.48. The van der Waals surface area contributed by atoms with Crippen LogP contribution in [0, 0.1) is 0 Å². The molecule has 0 spiro atoms. The van der Waals surface area contributed by atoms with Gasteiger partial charge < -0.3 is 0 Å². The van der Waals surface area contributed by atoms with Crippen LogP contribution >= 0.6 is 11.8 Å². The Morgan fingerprint density at radius 3 is 1.95 bits per heavy atom. The molecular formula is C17H34N4S. The van der Waals surface area contributed by atoms with Crippen LogP contribution in [0.15, 0.2) is 0 Å². The van der Waals surface area contributed by atoms with Crippen LogP contribution in [0.25, 0.3) is 0 Å². The number of nitrogens with one attached hydrogen (secondary N) is 1. The average Bonchev–Trinajstić information content (AvgIpc) is 3.04. The number of thioether (sulfide) groups is 1. The third-order valence-electron chi connectivity index (χ3n) is 4.10. The maximum atomic E-state index is 3.99. The summed E-state index contributed by atoms with van der Waals surface area (Å²) in [6.45, 7) is 4.56. The Hall–Kier alpha value is -0.580. The molecule has 0 amide bonds. The fraction of sp³-hybridized carbons (Fsp3) is 0.941. The molecule has 0 aliphatic carbocycles. The molecule has 1 aromatic heterocycles. The molecule has 0 aliphatic heterocycles. The van der Waals surface area contributed by atoms with E-state index in [1.54, 1.807) is 0 Å². The van der Waals surface area contributed by atoms with Gasteiger partial charge in [0.25, 0.3) is 0 Å². The number of aromatic amines is 1. The molecule has 128 valence electrons. The van der Waals surface area contributed by atoms with Crippen molar-refractivity contribution in [3.8, 4) is 0 Å². The van der Waals surface area contributed by atoms with E-state index in [9.17, 15) is 0 Å². The second kappa shape index (κ2) is 14.0. The highest BCUT2D eigenvalue weighted by Crippen LogP contribution is 2.26. The molecule has 0 unspecified atom stereocenters. The lowest BCUT2D eigenvalue weighted by atomic mass is 10.0. The van der Waals surface area contributed by atoms with Crippen LogP contribution < -0.4 is 0 Å². The summed E-state index contributed by atoms with van der Waals surface area (Å²) in [6, 6.07) is 0. The standard InChI is InChI=1S/C17H34N4S/c1-3-5-7-9-11-13-16(14-12-10-8-6-4-2)22-15-17-18-20-21-19-17/h16H,3-15H2,1-2H3,(H,18,19,20,21). The number of tetrazole rings is 1. The largest absolute Gasteiger partial charge is 0.242 e. The Morgan fingerprint density at radius 2 is 1.45 bits per heavy atom. The lowest BCUT2D eigenvalue weighted by molar-refractivity contribution is 0.551. The number of hydrogen-bond donors (Lipinski definition) is 1. The van der Waals surface area contributed by atoms with Crippen molar-refractivity contribution in [1.82, 2.24) is 20.6 Å². The van der Waals surface area contributed by atoms with Crippen molar-refractivity contribution >= 4 is 11.8 Å².